The molecule has 0 amide bonds. The van der Waals surface area contributed by atoms with Gasteiger partial charge in [0.05, 0.1) is 11.7 Å². The maximum absolute atomic E-state index is 10.0. The highest BCUT2D eigenvalue weighted by molar-refractivity contribution is 5.54. The minimum Gasteiger partial charge on any atom is -0.391 e. The molecule has 0 saturated carbocycles. The maximum Gasteiger partial charge on any atom is 0.259 e. The van der Waals surface area contributed by atoms with E-state index >= 15 is 0 Å². The number of pyridine rings is 1. The van der Waals surface area contributed by atoms with Crippen LogP contribution in [0.15, 0.2) is 53.2 Å². The predicted octanol–water partition coefficient (Wildman–Crippen LogP) is 2.69. The molecular formula is C22H27N5O2. The van der Waals surface area contributed by atoms with Gasteiger partial charge in [-0.3, -0.25) is 0 Å². The molecule has 29 heavy (non-hydrogen) atoms. The summed E-state index contributed by atoms with van der Waals surface area (Å²) in [6.45, 7) is 2.31. The minimum atomic E-state index is -0.311. The summed E-state index contributed by atoms with van der Waals surface area (Å²) in [5.41, 5.74) is 2.12. The van der Waals surface area contributed by atoms with Crippen LogP contribution < -0.4 is 10.6 Å². The second kappa shape index (κ2) is 9.62. The number of nitrogens with one attached hydrogen (secondary N) is 2. The van der Waals surface area contributed by atoms with E-state index in [0.717, 1.165) is 49.4 Å². The molecule has 1 fully saturated rings. The number of hydrogen-bond acceptors (Lipinski definition) is 7. The molecule has 7 heteroatoms. The van der Waals surface area contributed by atoms with E-state index in [4.69, 9.17) is 4.52 Å². The number of aliphatic hydroxyl groups excluding tert-OH is 1. The van der Waals surface area contributed by atoms with Gasteiger partial charge in [0, 0.05) is 31.6 Å². The number of aryl methyl sites for hydroxylation is 2. The Labute approximate surface area is 170 Å². The number of aromatic nitrogens is 3. The van der Waals surface area contributed by atoms with Gasteiger partial charge in [-0.25, -0.2) is 4.98 Å². The lowest BCUT2D eigenvalue weighted by Crippen LogP contribution is -2.43. The molecule has 152 valence electrons. The number of piperidine rings is 1. The zero-order chi connectivity index (χ0) is 19.9. The van der Waals surface area contributed by atoms with Crippen LogP contribution in [0.2, 0.25) is 0 Å². The Hall–Kier alpha value is -2.77. The van der Waals surface area contributed by atoms with Gasteiger partial charge in [-0.2, -0.15) is 4.98 Å². The quantitative estimate of drug-likeness (QED) is 0.541. The lowest BCUT2D eigenvalue weighted by atomic mass is 9.95. The molecule has 0 bridgehead atoms. The van der Waals surface area contributed by atoms with Crippen LogP contribution in [0.5, 0.6) is 0 Å². The largest absolute Gasteiger partial charge is 0.391 e. The van der Waals surface area contributed by atoms with Crippen LogP contribution in [0.4, 0.5) is 5.82 Å². The van der Waals surface area contributed by atoms with Gasteiger partial charge in [0.2, 0.25) is 0 Å². The number of β-amino-alcohol motifs (C(OH)–C–C–N with tert-alkyl or cyclic N) is 1. The van der Waals surface area contributed by atoms with Gasteiger partial charge in [-0.05, 0) is 43.5 Å². The zero-order valence-corrected chi connectivity index (χ0v) is 16.4. The number of anilines is 1. The van der Waals surface area contributed by atoms with E-state index in [1.165, 1.54) is 5.56 Å². The van der Waals surface area contributed by atoms with Crippen molar-refractivity contribution in [2.24, 2.45) is 5.92 Å². The average Bonchev–Trinajstić information content (AvgIpc) is 3.23. The average molecular weight is 393 g/mol. The normalized spacial score (nSPS) is 19.2. The molecule has 1 aliphatic heterocycles. The lowest BCUT2D eigenvalue weighted by molar-refractivity contribution is 0.0883. The third-order valence-corrected chi connectivity index (χ3v) is 5.32. The summed E-state index contributed by atoms with van der Waals surface area (Å²) in [6, 6.07) is 14.2. The SMILES string of the molecule is O[C@@H]1CNCC[C@H]1CNc1ccc(-c2nc(CCCc3ccccc3)no2)cn1. The minimum absolute atomic E-state index is 0.243. The molecule has 2 aromatic heterocycles. The smallest absolute Gasteiger partial charge is 0.259 e. The molecule has 4 rings (SSSR count). The third-order valence-electron chi connectivity index (χ3n) is 5.32. The molecule has 1 aromatic carbocycles. The molecule has 3 heterocycles. The van der Waals surface area contributed by atoms with Crippen molar-refractivity contribution in [3.05, 3.63) is 60.0 Å². The summed E-state index contributed by atoms with van der Waals surface area (Å²) >= 11 is 0. The van der Waals surface area contributed by atoms with Crippen LogP contribution >= 0.6 is 0 Å². The van der Waals surface area contributed by atoms with Crippen molar-refractivity contribution in [3.63, 3.8) is 0 Å². The predicted molar refractivity (Wildman–Crippen MR) is 111 cm³/mol. The van der Waals surface area contributed by atoms with E-state index < -0.39 is 0 Å². The number of nitrogens with zero attached hydrogens (tertiary/aromatic N) is 3. The Balaban J connectivity index is 1.27. The first-order chi connectivity index (χ1) is 14.3. The lowest BCUT2D eigenvalue weighted by Gasteiger charge is -2.28. The highest BCUT2D eigenvalue weighted by atomic mass is 16.5. The van der Waals surface area contributed by atoms with Crippen LogP contribution in [-0.4, -0.2) is 46.0 Å². The summed E-state index contributed by atoms with van der Waals surface area (Å²) in [6.07, 6.45) is 5.15. The van der Waals surface area contributed by atoms with Gasteiger partial charge >= 0.3 is 0 Å². The molecule has 0 aliphatic carbocycles. The van der Waals surface area contributed by atoms with Gasteiger partial charge in [0.25, 0.3) is 5.89 Å². The highest BCUT2D eigenvalue weighted by Gasteiger charge is 2.22. The number of rotatable bonds is 8. The van der Waals surface area contributed by atoms with E-state index in [-0.39, 0.29) is 12.0 Å². The number of benzene rings is 1. The summed E-state index contributed by atoms with van der Waals surface area (Å²) in [7, 11) is 0. The van der Waals surface area contributed by atoms with E-state index in [9.17, 15) is 5.11 Å². The Morgan fingerprint density at radius 1 is 1.14 bits per heavy atom. The second-order valence-corrected chi connectivity index (χ2v) is 7.49. The van der Waals surface area contributed by atoms with Gasteiger partial charge in [0.1, 0.15) is 5.82 Å². The van der Waals surface area contributed by atoms with Gasteiger partial charge in [-0.1, -0.05) is 35.5 Å². The first kappa shape index (κ1) is 19.5. The van der Waals surface area contributed by atoms with Crippen molar-refractivity contribution >= 4 is 5.82 Å². The molecule has 0 spiro atoms. The Morgan fingerprint density at radius 2 is 2.03 bits per heavy atom. The van der Waals surface area contributed by atoms with Gasteiger partial charge in [0.15, 0.2) is 5.82 Å². The van der Waals surface area contributed by atoms with Crippen LogP contribution in [0.3, 0.4) is 0 Å². The molecule has 3 aromatic rings. The second-order valence-electron chi connectivity index (χ2n) is 7.49. The summed E-state index contributed by atoms with van der Waals surface area (Å²) < 4.78 is 5.40. The van der Waals surface area contributed by atoms with E-state index in [1.807, 2.05) is 18.2 Å². The number of hydrogen-bond donors (Lipinski definition) is 3. The zero-order valence-electron chi connectivity index (χ0n) is 16.4. The standard InChI is InChI=1S/C22H27N5O2/c28-19-15-23-12-11-17(19)13-24-20-10-9-18(14-25-20)22-26-21(27-29-22)8-4-7-16-5-2-1-3-6-16/h1-3,5-6,9-10,14,17,19,23,28H,4,7-8,11-13,15H2,(H,24,25)/t17-,19+/m0/s1. The molecule has 1 saturated heterocycles. The Morgan fingerprint density at radius 3 is 2.83 bits per heavy atom. The molecule has 1 aliphatic rings. The Bertz CT molecular complexity index is 882. The van der Waals surface area contributed by atoms with Crippen molar-refractivity contribution in [2.75, 3.05) is 25.0 Å². The summed E-state index contributed by atoms with van der Waals surface area (Å²) in [5.74, 6) is 2.24. The van der Waals surface area contributed by atoms with Gasteiger partial charge in [-0.15, -0.1) is 0 Å². The topological polar surface area (TPSA) is 96.1 Å². The number of aliphatic hydroxyl groups is 1. The summed E-state index contributed by atoms with van der Waals surface area (Å²) in [5, 5.41) is 20.6. The molecule has 0 unspecified atom stereocenters. The molecule has 7 nitrogen and oxygen atoms in total. The highest BCUT2D eigenvalue weighted by Crippen LogP contribution is 2.19. The van der Waals surface area contributed by atoms with Crippen LogP contribution in [-0.2, 0) is 12.8 Å². The molecule has 3 N–H and O–H groups in total. The fourth-order valence-corrected chi connectivity index (χ4v) is 3.56. The molecule has 0 radical (unpaired) electrons. The monoisotopic (exact) mass is 393 g/mol. The maximum atomic E-state index is 10.0. The van der Waals surface area contributed by atoms with E-state index in [0.29, 0.717) is 19.0 Å². The van der Waals surface area contributed by atoms with Crippen molar-refractivity contribution < 1.29 is 9.63 Å². The van der Waals surface area contributed by atoms with Crippen molar-refractivity contribution in [1.29, 1.82) is 0 Å². The summed E-state index contributed by atoms with van der Waals surface area (Å²) in [4.78, 5) is 8.93. The van der Waals surface area contributed by atoms with Crippen LogP contribution in [0.25, 0.3) is 11.5 Å². The third kappa shape index (κ3) is 5.40. The van der Waals surface area contributed by atoms with Crippen LogP contribution in [0.1, 0.15) is 24.2 Å². The fourth-order valence-electron chi connectivity index (χ4n) is 3.56. The van der Waals surface area contributed by atoms with E-state index in [2.05, 4.69) is 50.0 Å². The van der Waals surface area contributed by atoms with E-state index in [1.54, 1.807) is 6.20 Å². The first-order valence-corrected chi connectivity index (χ1v) is 10.2. The molecular weight excluding hydrogens is 366 g/mol. The van der Waals surface area contributed by atoms with Crippen molar-refractivity contribution in [3.8, 4) is 11.5 Å². The van der Waals surface area contributed by atoms with Gasteiger partial charge < -0.3 is 20.3 Å². The van der Waals surface area contributed by atoms with Crippen molar-refractivity contribution in [1.82, 2.24) is 20.4 Å². The fraction of sp³-hybridized carbons (Fsp3) is 0.409. The van der Waals surface area contributed by atoms with Crippen molar-refractivity contribution in [2.45, 2.75) is 31.8 Å². The molecule has 2 atom stereocenters. The van der Waals surface area contributed by atoms with Crippen LogP contribution in [0, 0.1) is 5.92 Å². The first-order valence-electron chi connectivity index (χ1n) is 10.2. The Kier molecular flexibility index (Phi) is 6.49.